The van der Waals surface area contributed by atoms with Crippen LogP contribution in [0.25, 0.3) is 0 Å². The molecule has 9 unspecified atom stereocenters. The number of methoxy groups -OCH3 is 1. The third-order valence-electron chi connectivity index (χ3n) is 19.0. The van der Waals surface area contributed by atoms with E-state index in [-0.39, 0.29) is 180 Å². The molecule has 0 aromatic heterocycles. The van der Waals surface area contributed by atoms with Gasteiger partial charge >= 0.3 is 59.7 Å². The molecule has 2 bridgehead atoms. The number of hydrogen-bond acceptors (Lipinski definition) is 21. The van der Waals surface area contributed by atoms with Gasteiger partial charge in [-0.1, -0.05) is 87.1 Å². The van der Waals surface area contributed by atoms with Gasteiger partial charge in [0.15, 0.2) is 23.4 Å². The van der Waals surface area contributed by atoms with Crippen molar-refractivity contribution < 1.29 is 100 Å². The van der Waals surface area contributed by atoms with Gasteiger partial charge < -0.3 is 52.1 Å². The number of cyclic esters (lactones) is 5. The Bertz CT molecular complexity index is 2530. The molecule has 2 saturated carbocycles. The van der Waals surface area contributed by atoms with E-state index in [0.29, 0.717) is 37.7 Å². The van der Waals surface area contributed by atoms with Gasteiger partial charge in [-0.05, 0) is 183 Å². The van der Waals surface area contributed by atoms with Gasteiger partial charge in [0.1, 0.15) is 29.0 Å². The molecular weight excluding hydrogens is 1220 g/mol. The van der Waals surface area contributed by atoms with Gasteiger partial charge in [0, 0.05) is 25.4 Å². The summed E-state index contributed by atoms with van der Waals surface area (Å²) in [5, 5.41) is 0. The smallest absolute Gasteiger partial charge is 0.312 e. The maximum absolute atomic E-state index is 12.1. The quantitative estimate of drug-likeness (QED) is 0.115. The molecule has 8 aliphatic rings. The lowest BCUT2D eigenvalue weighted by atomic mass is 9.85. The van der Waals surface area contributed by atoms with E-state index in [1.807, 2.05) is 125 Å². The van der Waals surface area contributed by atoms with Crippen LogP contribution in [0, 0.1) is 50.2 Å². The van der Waals surface area contributed by atoms with Gasteiger partial charge in [-0.25, -0.2) is 0 Å². The van der Waals surface area contributed by atoms with Crippen molar-refractivity contribution in [2.75, 3.05) is 20.3 Å². The van der Waals surface area contributed by atoms with E-state index in [4.69, 9.17) is 52.1 Å². The van der Waals surface area contributed by atoms with Crippen molar-refractivity contribution in [3.8, 4) is 0 Å². The van der Waals surface area contributed by atoms with Gasteiger partial charge in [-0.15, -0.1) is 0 Å². The van der Waals surface area contributed by atoms with E-state index >= 15 is 0 Å². The number of carbonyl (C=O) groups is 10. The van der Waals surface area contributed by atoms with Gasteiger partial charge in [-0.2, -0.15) is 0 Å². The van der Waals surface area contributed by atoms with Crippen LogP contribution in [0.1, 0.15) is 296 Å². The first kappa shape index (κ1) is 101. The predicted octanol–water partition coefficient (Wildman–Crippen LogP) is 15.9. The minimum Gasteiger partial charge on any atom is -0.465 e. The van der Waals surface area contributed by atoms with Crippen LogP contribution in [0.2, 0.25) is 0 Å². The molecule has 8 rings (SSSR count). The summed E-state index contributed by atoms with van der Waals surface area (Å²) in [5.74, 6) is -1.53. The van der Waals surface area contributed by atoms with Gasteiger partial charge in [-0.3, -0.25) is 47.9 Å². The highest BCUT2D eigenvalue weighted by atomic mass is 16.6. The Hall–Kier alpha value is -5.34. The lowest BCUT2D eigenvalue weighted by molar-refractivity contribution is -0.184. The fourth-order valence-electron chi connectivity index (χ4n) is 10.5. The normalized spacial score (nSPS) is 27.2. The first-order chi connectivity index (χ1) is 39.4. The molecule has 0 amide bonds. The van der Waals surface area contributed by atoms with Crippen LogP contribution in [-0.2, 0) is 100 Å². The zero-order valence-corrected chi connectivity index (χ0v) is 57.3. The lowest BCUT2D eigenvalue weighted by Crippen LogP contribution is -2.49. The SMILES string of the molecule is C.C.C.C.C.C.C.C.CC1(C)CC(C)(C)C(=O)O1.CC1(C)CCOC1=O.CCC(C)(C)C(=O)OC1(C)CC(=O)OC1(C)C.CCC(C)(C)C(=O)OC1C2CC3C(=O)OC1C3C2.CCC(C)(C)C(=O)OC1CC(=O)OC1(C)C.CCC(C)(C)C(=O)OC1CC(=O)OC1(C)COC. The van der Waals surface area contributed by atoms with Crippen LogP contribution in [0.3, 0.4) is 0 Å². The molecule has 0 aromatic rings. The Balaban J connectivity index is -0.000000250. The highest BCUT2D eigenvalue weighted by Gasteiger charge is 2.64. The molecule has 21 nitrogen and oxygen atoms in total. The van der Waals surface area contributed by atoms with Crippen LogP contribution in [0.15, 0.2) is 0 Å². The third-order valence-corrected chi connectivity index (χ3v) is 19.0. The van der Waals surface area contributed by atoms with E-state index in [9.17, 15) is 47.9 Å². The molecule has 6 heterocycles. The van der Waals surface area contributed by atoms with E-state index in [2.05, 4.69) is 0 Å². The van der Waals surface area contributed by atoms with Gasteiger partial charge in [0.05, 0.1) is 70.9 Å². The number of carbonyl (C=O) groups excluding carboxylic acids is 10. The lowest BCUT2D eigenvalue weighted by Gasteiger charge is -2.36. The van der Waals surface area contributed by atoms with Gasteiger partial charge in [0.2, 0.25) is 0 Å². The average molecular weight is 1370 g/mol. The van der Waals surface area contributed by atoms with Crippen molar-refractivity contribution in [2.24, 2.45) is 50.2 Å². The van der Waals surface area contributed by atoms with Gasteiger partial charge in [0.25, 0.3) is 0 Å². The van der Waals surface area contributed by atoms with E-state index in [1.165, 1.54) is 7.11 Å². The summed E-state index contributed by atoms with van der Waals surface area (Å²) in [7, 11) is 1.52. The first-order valence-electron chi connectivity index (χ1n) is 31.0. The van der Waals surface area contributed by atoms with Crippen molar-refractivity contribution >= 4 is 59.7 Å². The van der Waals surface area contributed by atoms with E-state index in [0.717, 1.165) is 32.1 Å². The highest BCUT2D eigenvalue weighted by Crippen LogP contribution is 2.56. The molecule has 562 valence electrons. The van der Waals surface area contributed by atoms with Crippen molar-refractivity contribution in [2.45, 2.75) is 349 Å². The molecule has 6 aliphatic heterocycles. The second-order valence-corrected chi connectivity index (χ2v) is 30.5. The van der Waals surface area contributed by atoms with Crippen molar-refractivity contribution in [3.05, 3.63) is 0 Å². The number of hydrogen-bond donors (Lipinski definition) is 0. The summed E-state index contributed by atoms with van der Waals surface area (Å²) in [5.41, 5.74) is -6.04. The maximum atomic E-state index is 12.1. The molecule has 0 aromatic carbocycles. The van der Waals surface area contributed by atoms with Crippen LogP contribution < -0.4 is 0 Å². The molecule has 8 fully saturated rings. The second-order valence-electron chi connectivity index (χ2n) is 30.5. The standard InChI is InChI=1S/C14H20O4.C13H22O5.C13H22O4.C12H20O4.C8H14O2.C6H10O2.8CH4/c1-4-14(2,3)13(16)18-10-7-5-8-9(6-7)12(15)17-11(8)10;1-6-12(2,3)11(15)17-9-7-10(14)18-13(9,4)8-16-5;1-7-11(2,3)10(15)17-13(6)8-9(14)16-12(13,4)5;1-6-11(2,3)10(14)15-8-7-9(13)16-12(8,4)5;1-7(2)5-8(3,4)10-6(7)9;1-6(2)3-4-8-5(6)7;;;;;;;;/h7-11H,4-6H2,1-3H3;9H,6-8H2,1-5H3;7-8H2,1-6H3;8H,6-7H2,1-5H3;5H2,1-4H3;3-4H2,1-2H3;8*1H4. The Morgan fingerprint density at radius 2 is 0.947 bits per heavy atom. The molecule has 9 atom stereocenters. The predicted molar refractivity (Wildman–Crippen MR) is 372 cm³/mol. The Labute approximate surface area is 576 Å². The Morgan fingerprint density at radius 1 is 0.516 bits per heavy atom. The number of fused-ring (bicyclic) bond motifs is 1. The Kier molecular flexibility index (Phi) is 39.2. The first-order valence-corrected chi connectivity index (χ1v) is 31.0. The number of ether oxygens (including phenoxy) is 11. The fourth-order valence-corrected chi connectivity index (χ4v) is 10.5. The summed E-state index contributed by atoms with van der Waals surface area (Å²) < 4.78 is 57.8. The zero-order valence-electron chi connectivity index (χ0n) is 57.3. The number of esters is 10. The van der Waals surface area contributed by atoms with Crippen LogP contribution in [0.4, 0.5) is 0 Å². The summed E-state index contributed by atoms with van der Waals surface area (Å²) in [6.07, 6.45) is 5.25. The monoisotopic (exact) mass is 1360 g/mol. The third kappa shape index (κ3) is 25.2. The van der Waals surface area contributed by atoms with Crippen LogP contribution in [0.5, 0.6) is 0 Å². The summed E-state index contributed by atoms with van der Waals surface area (Å²) in [6, 6.07) is 0. The molecule has 0 N–H and O–H groups in total. The zero-order chi connectivity index (χ0) is 67.3. The minimum absolute atomic E-state index is 0. The average Bonchev–Trinajstić information content (AvgIpc) is 1.58. The largest absolute Gasteiger partial charge is 0.465 e. The van der Waals surface area contributed by atoms with Crippen molar-refractivity contribution in [1.82, 2.24) is 0 Å². The molecule has 21 heteroatoms. The molecule has 0 spiro atoms. The maximum Gasteiger partial charge on any atom is 0.312 e. The van der Waals surface area contributed by atoms with Crippen molar-refractivity contribution in [1.29, 1.82) is 0 Å². The molecule has 6 saturated heterocycles. The van der Waals surface area contributed by atoms with Crippen LogP contribution >= 0.6 is 0 Å². The Morgan fingerprint density at radius 3 is 1.28 bits per heavy atom. The topological polar surface area (TPSA) is 272 Å². The molecular formula is C74H140O21. The summed E-state index contributed by atoms with van der Waals surface area (Å²) >= 11 is 0. The molecule has 2 aliphatic carbocycles. The highest BCUT2D eigenvalue weighted by molar-refractivity contribution is 5.82. The molecule has 0 radical (unpaired) electrons. The number of rotatable bonds is 14. The minimum atomic E-state index is -0.884. The van der Waals surface area contributed by atoms with E-state index in [1.54, 1.807) is 41.5 Å². The summed E-state index contributed by atoms with van der Waals surface area (Å²) in [4.78, 5) is 115. The fraction of sp³-hybridized carbons (Fsp3) is 0.865. The summed E-state index contributed by atoms with van der Waals surface area (Å²) in [6.45, 7) is 45.4. The second kappa shape index (κ2) is 37.0. The van der Waals surface area contributed by atoms with Crippen LogP contribution in [-0.4, -0.2) is 132 Å². The molecule has 95 heavy (non-hydrogen) atoms. The van der Waals surface area contributed by atoms with E-state index < -0.39 is 56.3 Å². The van der Waals surface area contributed by atoms with Crippen molar-refractivity contribution in [3.63, 3.8) is 0 Å².